The highest BCUT2D eigenvalue weighted by Crippen LogP contribution is 2.36. The Morgan fingerprint density at radius 3 is 2.71 bits per heavy atom. The number of ether oxygens (including phenoxy) is 1. The number of amides is 1. The summed E-state index contributed by atoms with van der Waals surface area (Å²) in [5, 5.41) is 14.5. The number of para-hydroxylation sites is 1. The number of carbonyl (C=O) groups excluding carboxylic acids is 1. The van der Waals surface area contributed by atoms with Crippen LogP contribution in [-0.2, 0) is 13.1 Å². The summed E-state index contributed by atoms with van der Waals surface area (Å²) in [6.07, 6.45) is 1.67. The monoisotopic (exact) mass is 472 g/mol. The van der Waals surface area contributed by atoms with Crippen LogP contribution in [-0.4, -0.2) is 29.6 Å². The maximum absolute atomic E-state index is 14.8. The van der Waals surface area contributed by atoms with Crippen molar-refractivity contribution in [2.75, 3.05) is 7.05 Å². The van der Waals surface area contributed by atoms with Gasteiger partial charge in [-0.25, -0.2) is 8.78 Å². The molecule has 0 atom stereocenters. The summed E-state index contributed by atoms with van der Waals surface area (Å²) < 4.78 is 34.9. The van der Waals surface area contributed by atoms with Crippen molar-refractivity contribution in [2.24, 2.45) is 5.10 Å². The van der Waals surface area contributed by atoms with Gasteiger partial charge in [0.2, 0.25) is 0 Å². The van der Waals surface area contributed by atoms with Crippen LogP contribution < -0.4 is 4.74 Å². The lowest BCUT2D eigenvalue weighted by molar-refractivity contribution is 0.0764. The minimum atomic E-state index is -0.695. The number of halogens is 2. The molecule has 0 saturated carbocycles. The van der Waals surface area contributed by atoms with E-state index in [9.17, 15) is 18.8 Å². The van der Waals surface area contributed by atoms with E-state index >= 15 is 0 Å². The van der Waals surface area contributed by atoms with Gasteiger partial charge < -0.3 is 9.64 Å². The first kappa shape index (κ1) is 23.6. The number of carbonyl (C=O) groups is 1. The summed E-state index contributed by atoms with van der Waals surface area (Å²) in [7, 11) is 1.70. The summed E-state index contributed by atoms with van der Waals surface area (Å²) in [5.74, 6) is -1.49. The molecule has 3 aromatic carbocycles. The molecule has 0 saturated heterocycles. The molecule has 176 valence electrons. The van der Waals surface area contributed by atoms with E-state index < -0.39 is 11.6 Å². The number of nitriles is 1. The summed E-state index contributed by atoms with van der Waals surface area (Å²) in [6.45, 7) is 5.68. The number of rotatable bonds is 7. The summed E-state index contributed by atoms with van der Waals surface area (Å²) in [6, 6.07) is 15.8. The van der Waals surface area contributed by atoms with E-state index in [1.165, 1.54) is 29.3 Å². The molecule has 6 nitrogen and oxygen atoms in total. The van der Waals surface area contributed by atoms with Crippen molar-refractivity contribution in [2.45, 2.75) is 20.0 Å². The molecule has 1 amide bonds. The van der Waals surface area contributed by atoms with Crippen molar-refractivity contribution < 1.29 is 18.3 Å². The van der Waals surface area contributed by atoms with E-state index in [2.05, 4.69) is 11.8 Å². The first-order chi connectivity index (χ1) is 16.8. The zero-order valence-electron chi connectivity index (χ0n) is 19.3. The van der Waals surface area contributed by atoms with Gasteiger partial charge in [0.1, 0.15) is 17.6 Å². The number of allylic oxidation sites excluding steroid dienone is 1. The maximum atomic E-state index is 14.8. The predicted octanol–water partition coefficient (Wildman–Crippen LogP) is 5.69. The van der Waals surface area contributed by atoms with E-state index in [1.807, 2.05) is 6.07 Å². The van der Waals surface area contributed by atoms with Gasteiger partial charge in [0.15, 0.2) is 11.6 Å². The normalized spacial score (nSPS) is 12.8. The lowest BCUT2D eigenvalue weighted by Gasteiger charge is -2.17. The van der Waals surface area contributed by atoms with Crippen LogP contribution in [0.4, 0.5) is 8.78 Å². The highest BCUT2D eigenvalue weighted by atomic mass is 19.1. The maximum Gasteiger partial charge on any atom is 0.258 e. The molecule has 4 rings (SSSR count). The lowest BCUT2D eigenvalue weighted by atomic mass is 10.0. The van der Waals surface area contributed by atoms with Crippen molar-refractivity contribution in [3.05, 3.63) is 100 Å². The zero-order chi connectivity index (χ0) is 25.1. The molecule has 0 spiro atoms. The van der Waals surface area contributed by atoms with Gasteiger partial charge >= 0.3 is 0 Å². The van der Waals surface area contributed by atoms with Crippen LogP contribution in [0.15, 0.2) is 65.9 Å². The standard InChI is InChI=1S/C27H22F2N4O2/c1-17(14-32(3)31-2)21-11-10-18(12-23(21)29)15-33-16-20-7-5-9-24(25(20)27(33)34)35-26-19(13-30)6-4-8-22(26)28/h4-12,14H,2,15-16H2,1,3H3/b17-14+. The van der Waals surface area contributed by atoms with Crippen LogP contribution in [0.5, 0.6) is 11.5 Å². The fourth-order valence-corrected chi connectivity index (χ4v) is 4.00. The highest BCUT2D eigenvalue weighted by molar-refractivity contribution is 6.01. The second kappa shape index (κ2) is 9.77. The van der Waals surface area contributed by atoms with E-state index in [0.29, 0.717) is 34.4 Å². The van der Waals surface area contributed by atoms with Gasteiger partial charge in [-0.05, 0) is 47.9 Å². The number of hydrazone groups is 1. The summed E-state index contributed by atoms with van der Waals surface area (Å²) in [5.41, 5.74) is 2.77. The smallest absolute Gasteiger partial charge is 0.258 e. The van der Waals surface area contributed by atoms with E-state index in [0.717, 1.165) is 0 Å². The second-order valence-corrected chi connectivity index (χ2v) is 8.12. The van der Waals surface area contributed by atoms with E-state index in [-0.39, 0.29) is 29.5 Å². The molecule has 1 aliphatic rings. The van der Waals surface area contributed by atoms with Crippen molar-refractivity contribution in [1.82, 2.24) is 9.91 Å². The molecule has 0 unspecified atom stereocenters. The molecule has 0 aromatic heterocycles. The largest absolute Gasteiger partial charge is 0.452 e. The van der Waals surface area contributed by atoms with Crippen LogP contribution in [0.3, 0.4) is 0 Å². The molecule has 1 heterocycles. The van der Waals surface area contributed by atoms with Crippen molar-refractivity contribution >= 4 is 18.2 Å². The SMILES string of the molecule is C=NN(C)/C=C(\C)c1ccc(CN2Cc3cccc(Oc4c(F)cccc4C#N)c3C2=O)cc1F. The molecule has 1 aliphatic heterocycles. The Morgan fingerprint density at radius 2 is 2.00 bits per heavy atom. The minimum Gasteiger partial charge on any atom is -0.452 e. The Kier molecular flexibility index (Phi) is 6.60. The average molecular weight is 472 g/mol. The number of hydrogen-bond acceptors (Lipinski definition) is 5. The Morgan fingerprint density at radius 1 is 1.23 bits per heavy atom. The lowest BCUT2D eigenvalue weighted by Crippen LogP contribution is -2.23. The Balaban J connectivity index is 1.57. The molecule has 0 radical (unpaired) electrons. The molecule has 0 aliphatic carbocycles. The average Bonchev–Trinajstić information content (AvgIpc) is 3.16. The molecular formula is C27H22F2N4O2. The van der Waals surface area contributed by atoms with Gasteiger partial charge in [-0.2, -0.15) is 10.4 Å². The van der Waals surface area contributed by atoms with Gasteiger partial charge in [0.25, 0.3) is 5.91 Å². The van der Waals surface area contributed by atoms with Crippen LogP contribution >= 0.6 is 0 Å². The Hall–Kier alpha value is -4.51. The van der Waals surface area contributed by atoms with Gasteiger partial charge in [-0.1, -0.05) is 30.3 Å². The number of hydrogen-bond donors (Lipinski definition) is 0. The molecular weight excluding hydrogens is 450 g/mol. The highest BCUT2D eigenvalue weighted by Gasteiger charge is 2.31. The fourth-order valence-electron chi connectivity index (χ4n) is 4.00. The zero-order valence-corrected chi connectivity index (χ0v) is 19.3. The van der Waals surface area contributed by atoms with Crippen LogP contribution in [0.2, 0.25) is 0 Å². The molecule has 0 N–H and O–H groups in total. The van der Waals surface area contributed by atoms with Gasteiger partial charge in [0.05, 0.1) is 11.1 Å². The first-order valence-electron chi connectivity index (χ1n) is 10.8. The Bertz CT molecular complexity index is 1390. The molecule has 0 fully saturated rings. The quantitative estimate of drug-likeness (QED) is 0.327. The molecule has 8 heteroatoms. The van der Waals surface area contributed by atoms with Crippen molar-refractivity contribution in [1.29, 1.82) is 5.26 Å². The summed E-state index contributed by atoms with van der Waals surface area (Å²) in [4.78, 5) is 14.8. The number of fused-ring (bicyclic) bond motifs is 1. The van der Waals surface area contributed by atoms with Gasteiger partial charge in [-0.15, -0.1) is 0 Å². The fraction of sp³-hybridized carbons (Fsp3) is 0.148. The molecule has 35 heavy (non-hydrogen) atoms. The van der Waals surface area contributed by atoms with Crippen LogP contribution in [0, 0.1) is 23.0 Å². The molecule has 3 aromatic rings. The van der Waals surface area contributed by atoms with E-state index in [4.69, 9.17) is 4.74 Å². The third-order valence-electron chi connectivity index (χ3n) is 5.71. The van der Waals surface area contributed by atoms with E-state index in [1.54, 1.807) is 55.4 Å². The third-order valence-corrected chi connectivity index (χ3v) is 5.71. The number of nitrogens with zero attached hydrogens (tertiary/aromatic N) is 4. The predicted molar refractivity (Wildman–Crippen MR) is 129 cm³/mol. The van der Waals surface area contributed by atoms with Crippen molar-refractivity contribution in [3.8, 4) is 17.6 Å². The van der Waals surface area contributed by atoms with Gasteiger partial charge in [-0.3, -0.25) is 9.80 Å². The Labute approximate surface area is 202 Å². The first-order valence-corrected chi connectivity index (χ1v) is 10.8. The molecule has 0 bridgehead atoms. The van der Waals surface area contributed by atoms with Crippen LogP contribution in [0.25, 0.3) is 5.57 Å². The summed E-state index contributed by atoms with van der Waals surface area (Å²) >= 11 is 0. The topological polar surface area (TPSA) is 68.9 Å². The van der Waals surface area contributed by atoms with Crippen LogP contribution in [0.1, 0.15) is 39.5 Å². The minimum absolute atomic E-state index is 0.0277. The van der Waals surface area contributed by atoms with Crippen molar-refractivity contribution in [3.63, 3.8) is 0 Å². The number of benzene rings is 3. The third kappa shape index (κ3) is 4.75. The van der Waals surface area contributed by atoms with Gasteiger partial charge in [0, 0.05) is 38.6 Å². The second-order valence-electron chi connectivity index (χ2n) is 8.12.